The maximum atomic E-state index is 11.9. The van der Waals surface area contributed by atoms with Crippen molar-refractivity contribution in [1.29, 1.82) is 0 Å². The zero-order valence-corrected chi connectivity index (χ0v) is 18.1. The highest BCUT2D eigenvalue weighted by Gasteiger charge is 2.14. The fourth-order valence-electron chi connectivity index (χ4n) is 3.24. The molecule has 4 rings (SSSR count). The summed E-state index contributed by atoms with van der Waals surface area (Å²) in [6.07, 6.45) is 5.32. The van der Waals surface area contributed by atoms with Crippen molar-refractivity contribution in [3.8, 4) is 5.75 Å². The summed E-state index contributed by atoms with van der Waals surface area (Å²) < 4.78 is 28.7. The molecule has 1 aromatic heterocycles. The first-order chi connectivity index (χ1) is 14.0. The van der Waals surface area contributed by atoms with Gasteiger partial charge < -0.3 is 5.11 Å². The molecule has 6 heteroatoms. The number of benzene rings is 2. The number of aromatic hydroxyl groups is 1. The predicted octanol–water partition coefficient (Wildman–Crippen LogP) is 5.28. The van der Waals surface area contributed by atoms with Crippen LogP contribution in [0.4, 0.5) is 0 Å². The molecule has 3 aromatic rings. The SMILES string of the molecule is Cc1ccc(S(=O)(=O)OCCc2cccs2)cc1.Oc1cccc2c1CCCC2. The van der Waals surface area contributed by atoms with Crippen LogP contribution in [-0.2, 0) is 33.6 Å². The van der Waals surface area contributed by atoms with Gasteiger partial charge in [0.15, 0.2) is 0 Å². The van der Waals surface area contributed by atoms with Gasteiger partial charge in [-0.2, -0.15) is 8.42 Å². The highest BCUT2D eigenvalue weighted by Crippen LogP contribution is 2.28. The Kier molecular flexibility index (Phi) is 7.47. The van der Waals surface area contributed by atoms with E-state index < -0.39 is 10.1 Å². The molecular formula is C23H26O4S2. The normalized spacial score (nSPS) is 13.3. The fourth-order valence-corrected chi connectivity index (χ4v) is 4.84. The molecule has 0 saturated heterocycles. The van der Waals surface area contributed by atoms with Gasteiger partial charge >= 0.3 is 0 Å². The molecule has 154 valence electrons. The van der Waals surface area contributed by atoms with Gasteiger partial charge in [0.05, 0.1) is 11.5 Å². The first-order valence-electron chi connectivity index (χ1n) is 9.74. The van der Waals surface area contributed by atoms with E-state index in [4.69, 9.17) is 4.18 Å². The van der Waals surface area contributed by atoms with Gasteiger partial charge in [0.25, 0.3) is 10.1 Å². The third-order valence-electron chi connectivity index (χ3n) is 4.85. The first-order valence-corrected chi connectivity index (χ1v) is 12.0. The summed E-state index contributed by atoms with van der Waals surface area (Å²) in [5, 5.41) is 11.4. The minimum Gasteiger partial charge on any atom is -0.508 e. The van der Waals surface area contributed by atoms with E-state index in [9.17, 15) is 13.5 Å². The largest absolute Gasteiger partial charge is 0.508 e. The number of aryl methyl sites for hydroxylation is 2. The number of hydrogen-bond donors (Lipinski definition) is 1. The molecule has 0 bridgehead atoms. The molecule has 0 aliphatic heterocycles. The van der Waals surface area contributed by atoms with Gasteiger partial charge in [-0.15, -0.1) is 11.3 Å². The summed E-state index contributed by atoms with van der Waals surface area (Å²) >= 11 is 1.60. The summed E-state index contributed by atoms with van der Waals surface area (Å²) in [7, 11) is -3.63. The number of phenolic OH excluding ortho intramolecular Hbond substituents is 1. The molecule has 0 radical (unpaired) electrons. The average molecular weight is 431 g/mol. The Morgan fingerprint density at radius 2 is 1.76 bits per heavy atom. The van der Waals surface area contributed by atoms with Gasteiger partial charge in [0, 0.05) is 11.3 Å². The second kappa shape index (κ2) is 10.1. The zero-order valence-electron chi connectivity index (χ0n) is 16.5. The number of rotatable bonds is 5. The van der Waals surface area contributed by atoms with Gasteiger partial charge in [-0.25, -0.2) is 0 Å². The van der Waals surface area contributed by atoms with Crippen LogP contribution in [0.5, 0.6) is 5.75 Å². The van der Waals surface area contributed by atoms with Crippen LogP contribution in [0.3, 0.4) is 0 Å². The molecule has 1 N–H and O–H groups in total. The Balaban J connectivity index is 0.000000186. The van der Waals surface area contributed by atoms with Crippen LogP contribution in [-0.4, -0.2) is 20.1 Å². The van der Waals surface area contributed by atoms with Gasteiger partial charge in [-0.05, 0) is 73.4 Å². The molecule has 0 unspecified atom stereocenters. The summed E-state index contributed by atoms with van der Waals surface area (Å²) in [6.45, 7) is 2.09. The molecule has 0 atom stereocenters. The highest BCUT2D eigenvalue weighted by atomic mass is 32.2. The van der Waals surface area contributed by atoms with Crippen molar-refractivity contribution >= 4 is 21.5 Å². The number of thiophene rings is 1. The lowest BCUT2D eigenvalue weighted by Gasteiger charge is -2.15. The van der Waals surface area contributed by atoms with Crippen LogP contribution in [0, 0.1) is 6.92 Å². The number of phenols is 1. The van der Waals surface area contributed by atoms with Crippen LogP contribution in [0.1, 0.15) is 34.4 Å². The monoisotopic (exact) mass is 430 g/mol. The van der Waals surface area contributed by atoms with Crippen molar-refractivity contribution in [3.05, 3.63) is 81.5 Å². The van der Waals surface area contributed by atoms with E-state index in [0.29, 0.717) is 12.2 Å². The van der Waals surface area contributed by atoms with Crippen molar-refractivity contribution < 1.29 is 17.7 Å². The maximum absolute atomic E-state index is 11.9. The quantitative estimate of drug-likeness (QED) is 0.560. The van der Waals surface area contributed by atoms with E-state index >= 15 is 0 Å². The molecular weight excluding hydrogens is 404 g/mol. The van der Waals surface area contributed by atoms with E-state index in [0.717, 1.165) is 23.3 Å². The Labute approximate surface area is 176 Å². The molecule has 0 amide bonds. The van der Waals surface area contributed by atoms with Gasteiger partial charge in [0.1, 0.15) is 5.75 Å². The summed E-state index contributed by atoms with van der Waals surface area (Å²) in [5.41, 5.74) is 3.54. The van der Waals surface area contributed by atoms with Crippen LogP contribution in [0.2, 0.25) is 0 Å². The standard InChI is InChI=1S/C13H14O3S2.C10H12O/c1-11-4-6-13(7-5-11)18(14,15)16-9-8-12-3-2-10-17-12;11-10-7-3-5-8-4-1-2-6-9(8)10/h2-7,10H,8-9H2,1H3;3,5,7,11H,1-2,4,6H2. The van der Waals surface area contributed by atoms with E-state index in [-0.39, 0.29) is 11.5 Å². The van der Waals surface area contributed by atoms with Gasteiger partial charge in [-0.3, -0.25) is 4.18 Å². The summed E-state index contributed by atoms with van der Waals surface area (Å²) in [5.74, 6) is 0.488. The minimum atomic E-state index is -3.63. The Bertz CT molecular complexity index is 1010. The van der Waals surface area contributed by atoms with E-state index in [1.165, 1.54) is 24.0 Å². The van der Waals surface area contributed by atoms with Crippen molar-refractivity contribution in [2.45, 2.75) is 43.9 Å². The summed E-state index contributed by atoms with van der Waals surface area (Å²) in [4.78, 5) is 1.33. The molecule has 0 saturated carbocycles. The second-order valence-electron chi connectivity index (χ2n) is 7.04. The van der Waals surface area contributed by atoms with Crippen molar-refractivity contribution in [2.24, 2.45) is 0 Å². The Morgan fingerprint density at radius 1 is 1.00 bits per heavy atom. The third kappa shape index (κ3) is 6.16. The van der Waals surface area contributed by atoms with Crippen molar-refractivity contribution in [3.63, 3.8) is 0 Å². The molecule has 0 fully saturated rings. The average Bonchev–Trinajstić information content (AvgIpc) is 3.23. The highest BCUT2D eigenvalue weighted by molar-refractivity contribution is 7.86. The first kappa shape index (κ1) is 21.6. The molecule has 4 nitrogen and oxygen atoms in total. The van der Waals surface area contributed by atoms with Crippen LogP contribution in [0.25, 0.3) is 0 Å². The van der Waals surface area contributed by atoms with Gasteiger partial charge in [-0.1, -0.05) is 35.9 Å². The van der Waals surface area contributed by atoms with Crippen LogP contribution < -0.4 is 0 Å². The summed E-state index contributed by atoms with van der Waals surface area (Å²) in [6, 6.07) is 16.4. The fraction of sp³-hybridized carbons (Fsp3) is 0.304. The third-order valence-corrected chi connectivity index (χ3v) is 7.11. The molecule has 1 heterocycles. The molecule has 2 aromatic carbocycles. The predicted molar refractivity (Wildman–Crippen MR) is 117 cm³/mol. The topological polar surface area (TPSA) is 63.6 Å². The molecule has 0 spiro atoms. The zero-order chi connectivity index (χ0) is 20.7. The second-order valence-corrected chi connectivity index (χ2v) is 9.69. The lowest BCUT2D eigenvalue weighted by molar-refractivity contribution is 0.323. The van der Waals surface area contributed by atoms with E-state index in [1.807, 2.05) is 30.5 Å². The maximum Gasteiger partial charge on any atom is 0.296 e. The van der Waals surface area contributed by atoms with Crippen LogP contribution >= 0.6 is 11.3 Å². The van der Waals surface area contributed by atoms with Crippen molar-refractivity contribution in [1.82, 2.24) is 0 Å². The Hall–Kier alpha value is -2.15. The Morgan fingerprint density at radius 3 is 2.45 bits per heavy atom. The van der Waals surface area contributed by atoms with Crippen LogP contribution in [0.15, 0.2) is 64.9 Å². The number of hydrogen-bond acceptors (Lipinski definition) is 5. The number of fused-ring (bicyclic) bond motifs is 1. The lowest BCUT2D eigenvalue weighted by Crippen LogP contribution is -2.08. The molecule has 1 aliphatic carbocycles. The molecule has 1 aliphatic rings. The lowest BCUT2D eigenvalue weighted by atomic mass is 9.91. The van der Waals surface area contributed by atoms with Gasteiger partial charge in [0.2, 0.25) is 0 Å². The smallest absolute Gasteiger partial charge is 0.296 e. The minimum absolute atomic E-state index is 0.177. The van der Waals surface area contributed by atoms with E-state index in [1.54, 1.807) is 41.7 Å². The van der Waals surface area contributed by atoms with E-state index in [2.05, 4.69) is 6.07 Å². The molecule has 29 heavy (non-hydrogen) atoms. The van der Waals surface area contributed by atoms with Crippen molar-refractivity contribution in [2.75, 3.05) is 6.61 Å².